The summed E-state index contributed by atoms with van der Waals surface area (Å²) in [6.45, 7) is 6.33. The Bertz CT molecular complexity index is 1260. The lowest BCUT2D eigenvalue weighted by Gasteiger charge is -2.15. The summed E-state index contributed by atoms with van der Waals surface area (Å²) < 4.78 is 25.4. The molecule has 0 radical (unpaired) electrons. The van der Waals surface area contributed by atoms with E-state index in [9.17, 15) is 14.4 Å². The van der Waals surface area contributed by atoms with Crippen molar-refractivity contribution in [3.05, 3.63) is 92.7 Å². The molecular formula is C27H24BrFN2O3. The first kappa shape index (κ1) is 25.0. The molecule has 3 aromatic carbocycles. The van der Waals surface area contributed by atoms with Crippen LogP contribution in [-0.2, 0) is 11.4 Å². The van der Waals surface area contributed by atoms with E-state index in [1.165, 1.54) is 18.2 Å². The number of anilines is 1. The van der Waals surface area contributed by atoms with Crippen LogP contribution in [0.2, 0.25) is 0 Å². The maximum atomic E-state index is 13.1. The second-order valence-corrected chi connectivity index (χ2v) is 8.47. The Hall–Kier alpha value is -3.63. The van der Waals surface area contributed by atoms with Gasteiger partial charge in [0, 0.05) is 5.69 Å². The van der Waals surface area contributed by atoms with E-state index in [1.54, 1.807) is 24.3 Å². The highest BCUT2D eigenvalue weighted by molar-refractivity contribution is 9.10. The summed E-state index contributed by atoms with van der Waals surface area (Å²) in [5.74, 6) is 0.116. The van der Waals surface area contributed by atoms with Crippen LogP contribution in [0.5, 0.6) is 11.5 Å². The SMILES string of the molecule is CCOc1cc(/C=C(\C#N)C(=O)Nc2ccc(C)cc2C)cc(Br)c1OCc1ccc(F)cc1. The molecule has 0 bridgehead atoms. The van der Waals surface area contributed by atoms with E-state index in [1.807, 2.05) is 45.0 Å². The van der Waals surface area contributed by atoms with Gasteiger partial charge >= 0.3 is 0 Å². The zero-order chi connectivity index (χ0) is 24.7. The number of rotatable bonds is 8. The van der Waals surface area contributed by atoms with Gasteiger partial charge in [0.2, 0.25) is 0 Å². The first-order valence-corrected chi connectivity index (χ1v) is 11.4. The molecule has 0 aliphatic rings. The van der Waals surface area contributed by atoms with Crippen molar-refractivity contribution in [3.8, 4) is 17.6 Å². The Morgan fingerprint density at radius 3 is 2.50 bits per heavy atom. The van der Waals surface area contributed by atoms with Crippen molar-refractivity contribution in [2.75, 3.05) is 11.9 Å². The summed E-state index contributed by atoms with van der Waals surface area (Å²) in [5.41, 5.74) is 3.99. The Kier molecular flexibility index (Phi) is 8.44. The summed E-state index contributed by atoms with van der Waals surface area (Å²) in [5, 5.41) is 12.4. The fourth-order valence-electron chi connectivity index (χ4n) is 3.27. The number of carbonyl (C=O) groups is 1. The van der Waals surface area contributed by atoms with Crippen LogP contribution in [0.3, 0.4) is 0 Å². The van der Waals surface area contributed by atoms with Crippen molar-refractivity contribution in [2.24, 2.45) is 0 Å². The number of nitriles is 1. The summed E-state index contributed by atoms with van der Waals surface area (Å²) in [7, 11) is 0. The average molecular weight is 523 g/mol. The van der Waals surface area contributed by atoms with Crippen molar-refractivity contribution in [1.29, 1.82) is 5.26 Å². The highest BCUT2D eigenvalue weighted by atomic mass is 79.9. The van der Waals surface area contributed by atoms with Crippen molar-refractivity contribution < 1.29 is 18.7 Å². The molecule has 5 nitrogen and oxygen atoms in total. The van der Waals surface area contributed by atoms with Gasteiger partial charge in [-0.15, -0.1) is 0 Å². The smallest absolute Gasteiger partial charge is 0.266 e. The zero-order valence-electron chi connectivity index (χ0n) is 19.1. The molecule has 0 aliphatic heterocycles. The predicted molar refractivity (Wildman–Crippen MR) is 134 cm³/mol. The molecule has 1 amide bonds. The number of nitrogens with zero attached hydrogens (tertiary/aromatic N) is 1. The van der Waals surface area contributed by atoms with E-state index >= 15 is 0 Å². The van der Waals surface area contributed by atoms with Crippen molar-refractivity contribution >= 4 is 33.6 Å². The molecule has 0 spiro atoms. The summed E-state index contributed by atoms with van der Waals surface area (Å²) in [4.78, 5) is 12.7. The number of ether oxygens (including phenoxy) is 2. The predicted octanol–water partition coefficient (Wildman–Crippen LogP) is 6.73. The van der Waals surface area contributed by atoms with E-state index < -0.39 is 5.91 Å². The number of aryl methyl sites for hydroxylation is 2. The molecule has 0 heterocycles. The van der Waals surface area contributed by atoms with Crippen molar-refractivity contribution in [2.45, 2.75) is 27.4 Å². The van der Waals surface area contributed by atoms with Gasteiger partial charge in [-0.1, -0.05) is 29.8 Å². The Balaban J connectivity index is 1.85. The number of hydrogen-bond donors (Lipinski definition) is 1. The van der Waals surface area contributed by atoms with Gasteiger partial charge in [-0.05, 0) is 89.8 Å². The maximum Gasteiger partial charge on any atom is 0.266 e. The third kappa shape index (κ3) is 6.46. The van der Waals surface area contributed by atoms with Gasteiger partial charge in [-0.3, -0.25) is 4.79 Å². The molecule has 0 aliphatic carbocycles. The van der Waals surface area contributed by atoms with Crippen LogP contribution in [0.1, 0.15) is 29.2 Å². The van der Waals surface area contributed by atoms with Crippen LogP contribution < -0.4 is 14.8 Å². The van der Waals surface area contributed by atoms with E-state index in [4.69, 9.17) is 9.47 Å². The van der Waals surface area contributed by atoms with Gasteiger partial charge < -0.3 is 14.8 Å². The molecule has 34 heavy (non-hydrogen) atoms. The molecule has 174 valence electrons. The van der Waals surface area contributed by atoms with Gasteiger partial charge in [0.05, 0.1) is 11.1 Å². The number of benzene rings is 3. The minimum absolute atomic E-state index is 0.0469. The third-order valence-electron chi connectivity index (χ3n) is 4.93. The molecule has 0 aromatic heterocycles. The molecule has 0 saturated carbocycles. The molecule has 3 aromatic rings. The van der Waals surface area contributed by atoms with Gasteiger partial charge in [-0.25, -0.2) is 4.39 Å². The average Bonchev–Trinajstić information content (AvgIpc) is 2.80. The first-order valence-electron chi connectivity index (χ1n) is 10.6. The van der Waals surface area contributed by atoms with Crippen molar-refractivity contribution in [1.82, 2.24) is 0 Å². The van der Waals surface area contributed by atoms with E-state index in [0.717, 1.165) is 16.7 Å². The van der Waals surface area contributed by atoms with Gasteiger partial charge in [-0.2, -0.15) is 5.26 Å². The minimum Gasteiger partial charge on any atom is -0.490 e. The van der Waals surface area contributed by atoms with E-state index in [2.05, 4.69) is 21.2 Å². The van der Waals surface area contributed by atoms with Crippen LogP contribution in [0.4, 0.5) is 10.1 Å². The number of nitrogens with one attached hydrogen (secondary N) is 1. The lowest BCUT2D eigenvalue weighted by Crippen LogP contribution is -2.14. The largest absolute Gasteiger partial charge is 0.490 e. The van der Waals surface area contributed by atoms with Crippen molar-refractivity contribution in [3.63, 3.8) is 0 Å². The fourth-order valence-corrected chi connectivity index (χ4v) is 3.84. The Morgan fingerprint density at radius 1 is 1.12 bits per heavy atom. The van der Waals surface area contributed by atoms with Crippen LogP contribution in [-0.4, -0.2) is 12.5 Å². The quantitative estimate of drug-likeness (QED) is 0.263. The zero-order valence-corrected chi connectivity index (χ0v) is 20.7. The number of halogens is 2. The highest BCUT2D eigenvalue weighted by Crippen LogP contribution is 2.38. The normalized spacial score (nSPS) is 11.0. The molecule has 7 heteroatoms. The molecule has 0 fully saturated rings. The van der Waals surface area contributed by atoms with Crippen LogP contribution in [0, 0.1) is 31.0 Å². The third-order valence-corrected chi connectivity index (χ3v) is 5.52. The standard InChI is InChI=1S/C27H24BrFN2O3/c1-4-33-25-14-20(13-23(28)26(25)34-16-19-6-8-22(29)9-7-19)12-21(15-30)27(32)31-24-10-5-17(2)11-18(24)3/h5-14H,4,16H2,1-3H3,(H,31,32)/b21-12+. The second kappa shape index (κ2) is 11.5. The van der Waals surface area contributed by atoms with E-state index in [0.29, 0.717) is 33.8 Å². The minimum atomic E-state index is -0.500. The Labute approximate surface area is 207 Å². The topological polar surface area (TPSA) is 71.3 Å². The molecule has 1 N–H and O–H groups in total. The van der Waals surface area contributed by atoms with Gasteiger partial charge in [0.25, 0.3) is 5.91 Å². The van der Waals surface area contributed by atoms with Gasteiger partial charge in [0.15, 0.2) is 11.5 Å². The number of carbonyl (C=O) groups excluding carboxylic acids is 1. The Morgan fingerprint density at radius 2 is 1.85 bits per heavy atom. The summed E-state index contributed by atoms with van der Waals surface area (Å²) >= 11 is 3.49. The molecule has 0 atom stereocenters. The van der Waals surface area contributed by atoms with E-state index in [-0.39, 0.29) is 18.0 Å². The molecule has 0 saturated heterocycles. The molecule has 3 rings (SSSR count). The lowest BCUT2D eigenvalue weighted by molar-refractivity contribution is -0.112. The molecular weight excluding hydrogens is 499 g/mol. The maximum absolute atomic E-state index is 13.1. The fraction of sp³-hybridized carbons (Fsp3) is 0.185. The van der Waals surface area contributed by atoms with Crippen LogP contribution in [0.15, 0.2) is 64.6 Å². The summed E-state index contributed by atoms with van der Waals surface area (Å²) in [6.07, 6.45) is 1.50. The number of amides is 1. The lowest BCUT2D eigenvalue weighted by atomic mass is 10.1. The summed E-state index contributed by atoms with van der Waals surface area (Å²) in [6, 6.07) is 17.1. The number of hydrogen-bond acceptors (Lipinski definition) is 4. The van der Waals surface area contributed by atoms with Crippen LogP contribution >= 0.6 is 15.9 Å². The monoisotopic (exact) mass is 522 g/mol. The van der Waals surface area contributed by atoms with Gasteiger partial charge in [0.1, 0.15) is 24.1 Å². The highest BCUT2D eigenvalue weighted by Gasteiger charge is 2.15. The van der Waals surface area contributed by atoms with Crippen LogP contribution in [0.25, 0.3) is 6.08 Å². The first-order chi connectivity index (χ1) is 16.3. The second-order valence-electron chi connectivity index (χ2n) is 7.62. The molecule has 0 unspecified atom stereocenters.